The molecule has 0 N–H and O–H groups in total. The number of hydrogen-bond donors (Lipinski definition) is 0. The lowest BCUT2D eigenvalue weighted by Gasteiger charge is -2.27. The van der Waals surface area contributed by atoms with E-state index in [0.717, 1.165) is 12.8 Å². The number of allylic oxidation sites excluding steroid dienone is 1. The summed E-state index contributed by atoms with van der Waals surface area (Å²) in [5.41, 5.74) is 1.37. The predicted molar refractivity (Wildman–Crippen MR) is 52.3 cm³/mol. The maximum Gasteiger partial charge on any atom is 0.305 e. The molecule has 0 aliphatic heterocycles. The maximum atomic E-state index is 11.1. The van der Waals surface area contributed by atoms with Gasteiger partial charge >= 0.3 is 5.97 Å². The van der Waals surface area contributed by atoms with Crippen LogP contribution < -0.4 is 0 Å². The van der Waals surface area contributed by atoms with Gasteiger partial charge in [0.15, 0.2) is 0 Å². The van der Waals surface area contributed by atoms with Crippen molar-refractivity contribution in [3.8, 4) is 0 Å². The summed E-state index contributed by atoms with van der Waals surface area (Å²) in [6.45, 7) is 8.36. The molecule has 0 spiro atoms. The zero-order valence-electron chi connectivity index (χ0n) is 8.72. The lowest BCUT2D eigenvalue weighted by molar-refractivity contribution is -0.142. The van der Waals surface area contributed by atoms with Crippen molar-refractivity contribution in [2.24, 2.45) is 11.3 Å². The van der Waals surface area contributed by atoms with Crippen molar-refractivity contribution in [1.29, 1.82) is 0 Å². The first kappa shape index (κ1) is 10.3. The molecule has 1 fully saturated rings. The van der Waals surface area contributed by atoms with Gasteiger partial charge in [0.1, 0.15) is 0 Å². The van der Waals surface area contributed by atoms with Gasteiger partial charge in [-0.05, 0) is 24.2 Å². The first-order valence-corrected chi connectivity index (χ1v) is 4.73. The van der Waals surface area contributed by atoms with E-state index < -0.39 is 0 Å². The molecular weight excluding hydrogens is 164 g/mol. The average molecular weight is 182 g/mol. The average Bonchev–Trinajstić information content (AvgIpc) is 2.31. The van der Waals surface area contributed by atoms with Crippen LogP contribution in [0.2, 0.25) is 0 Å². The Labute approximate surface area is 80.0 Å². The molecule has 0 saturated heterocycles. The zero-order valence-corrected chi connectivity index (χ0v) is 8.72. The van der Waals surface area contributed by atoms with Crippen LogP contribution in [0.15, 0.2) is 12.2 Å². The van der Waals surface area contributed by atoms with Crippen LogP contribution in [-0.2, 0) is 9.53 Å². The third-order valence-corrected chi connectivity index (χ3v) is 3.37. The number of methoxy groups -OCH3 is 1. The molecule has 0 bridgehead atoms. The molecule has 1 aliphatic rings. The number of carbonyl (C=O) groups is 1. The topological polar surface area (TPSA) is 26.3 Å². The molecule has 1 unspecified atom stereocenters. The molecule has 1 aliphatic carbocycles. The van der Waals surface area contributed by atoms with E-state index in [4.69, 9.17) is 0 Å². The minimum atomic E-state index is -0.104. The van der Waals surface area contributed by atoms with Gasteiger partial charge in [-0.1, -0.05) is 26.0 Å². The second kappa shape index (κ2) is 3.52. The fraction of sp³-hybridized carbons (Fsp3) is 0.727. The van der Waals surface area contributed by atoms with Gasteiger partial charge in [-0.25, -0.2) is 0 Å². The highest BCUT2D eigenvalue weighted by Gasteiger charge is 2.38. The van der Waals surface area contributed by atoms with Crippen molar-refractivity contribution < 1.29 is 9.53 Å². The number of ether oxygens (including phenoxy) is 1. The van der Waals surface area contributed by atoms with E-state index in [2.05, 4.69) is 25.2 Å². The summed E-state index contributed by atoms with van der Waals surface area (Å²) in [5, 5.41) is 0. The molecule has 1 atom stereocenters. The number of hydrogen-bond acceptors (Lipinski definition) is 2. The molecule has 2 heteroatoms. The Hall–Kier alpha value is -0.790. The van der Waals surface area contributed by atoms with Crippen LogP contribution in [0, 0.1) is 11.3 Å². The van der Waals surface area contributed by atoms with Crippen LogP contribution >= 0.6 is 0 Å². The van der Waals surface area contributed by atoms with Crippen LogP contribution in [0.3, 0.4) is 0 Å². The van der Waals surface area contributed by atoms with Crippen molar-refractivity contribution in [3.05, 3.63) is 12.2 Å². The Morgan fingerprint density at radius 1 is 1.69 bits per heavy atom. The fourth-order valence-corrected chi connectivity index (χ4v) is 1.96. The summed E-state index contributed by atoms with van der Waals surface area (Å²) < 4.78 is 4.67. The lowest BCUT2D eigenvalue weighted by Crippen LogP contribution is -2.22. The Bertz CT molecular complexity index is 228. The normalized spacial score (nSPS) is 26.1. The van der Waals surface area contributed by atoms with Crippen molar-refractivity contribution in [3.63, 3.8) is 0 Å². The van der Waals surface area contributed by atoms with Crippen molar-refractivity contribution in [2.75, 3.05) is 7.11 Å². The van der Waals surface area contributed by atoms with Crippen LogP contribution in [0.5, 0.6) is 0 Å². The van der Waals surface area contributed by atoms with Gasteiger partial charge in [0.2, 0.25) is 0 Å². The van der Waals surface area contributed by atoms with Crippen molar-refractivity contribution >= 4 is 5.97 Å². The molecule has 0 aromatic carbocycles. The SMILES string of the molecule is C=C1CCC(CC(=O)OC)C1(C)C. The van der Waals surface area contributed by atoms with Crippen LogP contribution in [0.25, 0.3) is 0 Å². The number of rotatable bonds is 2. The second-order valence-electron chi connectivity index (χ2n) is 4.34. The molecule has 74 valence electrons. The molecule has 0 aromatic heterocycles. The van der Waals surface area contributed by atoms with E-state index in [9.17, 15) is 4.79 Å². The van der Waals surface area contributed by atoms with Gasteiger partial charge in [0.05, 0.1) is 7.11 Å². The van der Waals surface area contributed by atoms with Gasteiger partial charge < -0.3 is 4.74 Å². The van der Waals surface area contributed by atoms with Gasteiger partial charge in [0, 0.05) is 6.42 Å². The predicted octanol–water partition coefficient (Wildman–Crippen LogP) is 2.54. The highest BCUT2D eigenvalue weighted by atomic mass is 16.5. The third-order valence-electron chi connectivity index (χ3n) is 3.37. The standard InChI is InChI=1S/C11H18O2/c1-8-5-6-9(11(8,2)3)7-10(12)13-4/h9H,1,5-7H2,2-4H3. The summed E-state index contributed by atoms with van der Waals surface area (Å²) in [7, 11) is 1.44. The summed E-state index contributed by atoms with van der Waals surface area (Å²) in [4.78, 5) is 11.1. The quantitative estimate of drug-likeness (QED) is 0.484. The smallest absolute Gasteiger partial charge is 0.305 e. The van der Waals surface area contributed by atoms with E-state index in [-0.39, 0.29) is 11.4 Å². The van der Waals surface area contributed by atoms with Gasteiger partial charge in [-0.15, -0.1) is 0 Å². The van der Waals surface area contributed by atoms with Gasteiger partial charge in [0.25, 0.3) is 0 Å². The van der Waals surface area contributed by atoms with Crippen molar-refractivity contribution in [1.82, 2.24) is 0 Å². The molecule has 13 heavy (non-hydrogen) atoms. The molecule has 1 saturated carbocycles. The molecule has 0 heterocycles. The van der Waals surface area contributed by atoms with E-state index >= 15 is 0 Å². The monoisotopic (exact) mass is 182 g/mol. The molecular formula is C11H18O2. The van der Waals surface area contributed by atoms with Crippen LogP contribution in [0.1, 0.15) is 33.1 Å². The minimum Gasteiger partial charge on any atom is -0.469 e. The second-order valence-corrected chi connectivity index (χ2v) is 4.34. The third kappa shape index (κ3) is 1.93. The Kier molecular flexibility index (Phi) is 2.79. The molecule has 2 nitrogen and oxygen atoms in total. The summed E-state index contributed by atoms with van der Waals surface area (Å²) >= 11 is 0. The van der Waals surface area contributed by atoms with Crippen LogP contribution in [-0.4, -0.2) is 13.1 Å². The first-order chi connectivity index (χ1) is 5.98. The Morgan fingerprint density at radius 3 is 2.69 bits per heavy atom. The summed E-state index contributed by atoms with van der Waals surface area (Å²) in [6.07, 6.45) is 2.65. The van der Waals surface area contributed by atoms with Crippen LogP contribution in [0.4, 0.5) is 0 Å². The molecule has 0 radical (unpaired) electrons. The highest BCUT2D eigenvalue weighted by Crippen LogP contribution is 2.47. The van der Waals surface area contributed by atoms with E-state index in [0.29, 0.717) is 12.3 Å². The summed E-state index contributed by atoms with van der Waals surface area (Å²) in [5.74, 6) is 0.306. The minimum absolute atomic E-state index is 0.104. The van der Waals surface area contributed by atoms with E-state index in [1.807, 2.05) is 0 Å². The molecule has 0 aromatic rings. The summed E-state index contributed by atoms with van der Waals surface area (Å²) in [6, 6.07) is 0. The van der Waals surface area contributed by atoms with Gasteiger partial charge in [-0.3, -0.25) is 4.79 Å². The Balaban J connectivity index is 2.62. The fourth-order valence-electron chi connectivity index (χ4n) is 1.96. The number of esters is 1. The molecule has 1 rings (SSSR count). The largest absolute Gasteiger partial charge is 0.469 e. The maximum absolute atomic E-state index is 11.1. The van der Waals surface area contributed by atoms with Gasteiger partial charge in [-0.2, -0.15) is 0 Å². The Morgan fingerprint density at radius 2 is 2.31 bits per heavy atom. The number of carbonyl (C=O) groups excluding carboxylic acids is 1. The van der Waals surface area contributed by atoms with Crippen molar-refractivity contribution in [2.45, 2.75) is 33.1 Å². The van der Waals surface area contributed by atoms with E-state index in [1.54, 1.807) is 0 Å². The first-order valence-electron chi connectivity index (χ1n) is 4.73. The van der Waals surface area contributed by atoms with E-state index in [1.165, 1.54) is 12.7 Å². The lowest BCUT2D eigenvalue weighted by atomic mass is 9.78. The zero-order chi connectivity index (χ0) is 10.1. The molecule has 0 amide bonds. The highest BCUT2D eigenvalue weighted by molar-refractivity contribution is 5.69.